The summed E-state index contributed by atoms with van der Waals surface area (Å²) in [7, 11) is 0. The highest BCUT2D eigenvalue weighted by Crippen LogP contribution is 2.33. The molecule has 2 aliphatic rings. The first-order valence-corrected chi connectivity index (χ1v) is 10.8. The number of nitrogens with zero attached hydrogens (tertiary/aromatic N) is 1. The number of aromatic nitrogens is 2. The van der Waals surface area contributed by atoms with Crippen molar-refractivity contribution in [3.63, 3.8) is 0 Å². The van der Waals surface area contributed by atoms with Gasteiger partial charge < -0.3 is 10.3 Å². The molecule has 0 aromatic carbocycles. The van der Waals surface area contributed by atoms with E-state index >= 15 is 0 Å². The first-order valence-electron chi connectivity index (χ1n) is 10.0. The monoisotopic (exact) mass is 373 g/mol. The van der Waals surface area contributed by atoms with Gasteiger partial charge in [0.1, 0.15) is 10.7 Å². The summed E-state index contributed by atoms with van der Waals surface area (Å²) in [6.07, 6.45) is 12.4. The first kappa shape index (κ1) is 17.7. The third kappa shape index (κ3) is 3.85. The number of aromatic amines is 1. The highest BCUT2D eigenvalue weighted by Gasteiger charge is 2.20. The summed E-state index contributed by atoms with van der Waals surface area (Å²) < 4.78 is 0. The number of aryl methyl sites for hydroxylation is 3. The molecular weight excluding hydrogens is 346 g/mol. The fraction of sp³-hybridized carbons (Fsp3) is 0.650. The molecule has 2 heterocycles. The average Bonchev–Trinajstić information content (AvgIpc) is 2.82. The second-order valence-corrected chi connectivity index (χ2v) is 8.74. The van der Waals surface area contributed by atoms with Crippen LogP contribution in [0.4, 0.5) is 0 Å². The quantitative estimate of drug-likeness (QED) is 0.804. The predicted octanol–water partition coefficient (Wildman–Crippen LogP) is 3.64. The standard InChI is InChI=1S/C20H27N3O2S/c24-17(21-13-7-3-1-2-4-8-13)12-11-16-22-19(25)18-14-9-5-6-10-15(14)26-20(18)23-16/h13H,1-12H2,(H,21,24)(H,22,23,25). The molecule has 0 radical (unpaired) electrons. The topological polar surface area (TPSA) is 74.8 Å². The van der Waals surface area contributed by atoms with Gasteiger partial charge in [0.25, 0.3) is 5.56 Å². The van der Waals surface area contributed by atoms with Gasteiger partial charge in [0, 0.05) is 23.8 Å². The average molecular weight is 374 g/mol. The van der Waals surface area contributed by atoms with Crippen LogP contribution in [0.1, 0.15) is 74.1 Å². The second kappa shape index (κ2) is 7.91. The smallest absolute Gasteiger partial charge is 0.259 e. The predicted molar refractivity (Wildman–Crippen MR) is 105 cm³/mol. The SMILES string of the molecule is O=C(CCc1nc2sc3c(c2c(=O)[nH]1)CCCC3)NC1CCCCCC1. The van der Waals surface area contributed by atoms with Crippen molar-refractivity contribution in [2.45, 2.75) is 83.1 Å². The fourth-order valence-electron chi connectivity index (χ4n) is 4.28. The molecule has 0 bridgehead atoms. The second-order valence-electron chi connectivity index (χ2n) is 7.66. The molecule has 140 valence electrons. The first-order chi connectivity index (χ1) is 12.7. The Morgan fingerprint density at radius 1 is 1.12 bits per heavy atom. The van der Waals surface area contributed by atoms with Crippen molar-refractivity contribution in [3.05, 3.63) is 26.6 Å². The third-order valence-electron chi connectivity index (χ3n) is 5.68. The van der Waals surface area contributed by atoms with Crippen molar-refractivity contribution in [3.8, 4) is 0 Å². The van der Waals surface area contributed by atoms with Crippen LogP contribution < -0.4 is 10.9 Å². The molecular formula is C20H27N3O2S. The van der Waals surface area contributed by atoms with E-state index in [4.69, 9.17) is 0 Å². The number of hydrogen-bond donors (Lipinski definition) is 2. The molecule has 0 spiro atoms. The van der Waals surface area contributed by atoms with Gasteiger partial charge in [-0.1, -0.05) is 25.7 Å². The molecule has 26 heavy (non-hydrogen) atoms. The molecule has 6 heteroatoms. The van der Waals surface area contributed by atoms with E-state index in [9.17, 15) is 9.59 Å². The van der Waals surface area contributed by atoms with Crippen molar-refractivity contribution < 1.29 is 4.79 Å². The van der Waals surface area contributed by atoms with E-state index in [-0.39, 0.29) is 11.5 Å². The number of H-pyrrole nitrogens is 1. The van der Waals surface area contributed by atoms with E-state index < -0.39 is 0 Å². The molecule has 0 saturated heterocycles. The Bertz CT molecular complexity index is 847. The van der Waals surface area contributed by atoms with Gasteiger partial charge in [0.15, 0.2) is 0 Å². The lowest BCUT2D eigenvalue weighted by Gasteiger charge is -2.16. The molecule has 2 aliphatic carbocycles. The highest BCUT2D eigenvalue weighted by atomic mass is 32.1. The van der Waals surface area contributed by atoms with E-state index in [1.165, 1.54) is 42.5 Å². The van der Waals surface area contributed by atoms with Crippen LogP contribution in [0.25, 0.3) is 10.2 Å². The number of amides is 1. The Labute approximate surface area is 157 Å². The van der Waals surface area contributed by atoms with Crippen LogP contribution in [0.5, 0.6) is 0 Å². The Hall–Kier alpha value is -1.69. The zero-order valence-corrected chi connectivity index (χ0v) is 16.1. The molecule has 0 atom stereocenters. The molecule has 5 nitrogen and oxygen atoms in total. The van der Waals surface area contributed by atoms with Gasteiger partial charge in [-0.25, -0.2) is 4.98 Å². The lowest BCUT2D eigenvalue weighted by Crippen LogP contribution is -2.34. The Balaban J connectivity index is 1.42. The maximum Gasteiger partial charge on any atom is 0.259 e. The molecule has 4 rings (SSSR count). The van der Waals surface area contributed by atoms with E-state index in [1.54, 1.807) is 11.3 Å². The summed E-state index contributed by atoms with van der Waals surface area (Å²) in [4.78, 5) is 34.6. The molecule has 2 aromatic heterocycles. The molecule has 0 unspecified atom stereocenters. The van der Waals surface area contributed by atoms with Crippen LogP contribution in [-0.4, -0.2) is 21.9 Å². The zero-order chi connectivity index (χ0) is 17.9. The summed E-state index contributed by atoms with van der Waals surface area (Å²) in [5.74, 6) is 0.710. The number of rotatable bonds is 4. The molecule has 1 amide bonds. The third-order valence-corrected chi connectivity index (χ3v) is 6.87. The van der Waals surface area contributed by atoms with Gasteiger partial charge >= 0.3 is 0 Å². The van der Waals surface area contributed by atoms with Crippen LogP contribution in [0.3, 0.4) is 0 Å². The normalized spacial score (nSPS) is 18.5. The van der Waals surface area contributed by atoms with Crippen molar-refractivity contribution in [1.82, 2.24) is 15.3 Å². The number of thiophene rings is 1. The van der Waals surface area contributed by atoms with E-state index in [1.807, 2.05) is 0 Å². The van der Waals surface area contributed by atoms with Crippen molar-refractivity contribution >= 4 is 27.5 Å². The summed E-state index contributed by atoms with van der Waals surface area (Å²) >= 11 is 1.66. The summed E-state index contributed by atoms with van der Waals surface area (Å²) in [5.41, 5.74) is 1.18. The summed E-state index contributed by atoms with van der Waals surface area (Å²) in [5, 5.41) is 3.95. The minimum absolute atomic E-state index is 0.0337. The number of nitrogens with one attached hydrogen (secondary N) is 2. The van der Waals surface area contributed by atoms with Gasteiger partial charge in [-0.15, -0.1) is 11.3 Å². The number of carbonyl (C=O) groups excluding carboxylic acids is 1. The highest BCUT2D eigenvalue weighted by molar-refractivity contribution is 7.18. The largest absolute Gasteiger partial charge is 0.353 e. The van der Waals surface area contributed by atoms with Crippen LogP contribution >= 0.6 is 11.3 Å². The van der Waals surface area contributed by atoms with Gasteiger partial charge in [-0.3, -0.25) is 9.59 Å². The van der Waals surface area contributed by atoms with Crippen molar-refractivity contribution in [2.24, 2.45) is 0 Å². The lowest BCUT2D eigenvalue weighted by molar-refractivity contribution is -0.121. The maximum absolute atomic E-state index is 12.5. The Morgan fingerprint density at radius 2 is 1.88 bits per heavy atom. The van der Waals surface area contributed by atoms with Crippen LogP contribution in [-0.2, 0) is 24.1 Å². The van der Waals surface area contributed by atoms with E-state index in [0.717, 1.165) is 42.3 Å². The summed E-state index contributed by atoms with van der Waals surface area (Å²) in [6, 6.07) is 0.323. The maximum atomic E-state index is 12.5. The molecule has 2 aromatic rings. The van der Waals surface area contributed by atoms with Crippen molar-refractivity contribution in [1.29, 1.82) is 0 Å². The molecule has 2 N–H and O–H groups in total. The number of fused-ring (bicyclic) bond motifs is 3. The van der Waals surface area contributed by atoms with Crippen LogP contribution in [0, 0.1) is 0 Å². The fourth-order valence-corrected chi connectivity index (χ4v) is 5.56. The minimum Gasteiger partial charge on any atom is -0.353 e. The van der Waals surface area contributed by atoms with Crippen LogP contribution in [0.2, 0.25) is 0 Å². The Kier molecular flexibility index (Phi) is 5.38. The van der Waals surface area contributed by atoms with Crippen LogP contribution in [0.15, 0.2) is 4.79 Å². The van der Waals surface area contributed by atoms with Gasteiger partial charge in [-0.2, -0.15) is 0 Å². The van der Waals surface area contributed by atoms with Crippen molar-refractivity contribution in [2.75, 3.05) is 0 Å². The lowest BCUT2D eigenvalue weighted by atomic mass is 9.97. The van der Waals surface area contributed by atoms with E-state index in [0.29, 0.717) is 24.7 Å². The van der Waals surface area contributed by atoms with Gasteiger partial charge in [0.2, 0.25) is 5.91 Å². The summed E-state index contributed by atoms with van der Waals surface area (Å²) in [6.45, 7) is 0. The molecule has 0 aliphatic heterocycles. The number of carbonyl (C=O) groups is 1. The zero-order valence-electron chi connectivity index (χ0n) is 15.2. The van der Waals surface area contributed by atoms with Gasteiger partial charge in [-0.05, 0) is 44.1 Å². The van der Waals surface area contributed by atoms with E-state index in [2.05, 4.69) is 15.3 Å². The van der Waals surface area contributed by atoms with Gasteiger partial charge in [0.05, 0.1) is 5.39 Å². The minimum atomic E-state index is -0.0337. The number of hydrogen-bond acceptors (Lipinski definition) is 4. The molecule has 1 saturated carbocycles. The molecule has 1 fully saturated rings. The Morgan fingerprint density at radius 3 is 2.69 bits per heavy atom.